The Morgan fingerprint density at radius 2 is 1.90 bits per heavy atom. The summed E-state index contributed by atoms with van der Waals surface area (Å²) in [5, 5.41) is 0. The maximum atomic E-state index is 13.1. The van der Waals surface area contributed by atoms with Crippen LogP contribution in [0.5, 0.6) is 0 Å². The van der Waals surface area contributed by atoms with Gasteiger partial charge in [0, 0.05) is 19.2 Å². The van der Waals surface area contributed by atoms with E-state index in [0.717, 1.165) is 12.5 Å². The SMILES string of the molecule is CC(C)CCN(C)C(=O)c1ccc(F)c(C(F)(F)F)c1. The van der Waals surface area contributed by atoms with Gasteiger partial charge in [-0.15, -0.1) is 0 Å². The summed E-state index contributed by atoms with van der Waals surface area (Å²) in [5.74, 6) is -1.54. The minimum atomic E-state index is -4.81. The molecule has 0 saturated carbocycles. The highest BCUT2D eigenvalue weighted by atomic mass is 19.4. The minimum absolute atomic E-state index is 0.162. The molecule has 0 atom stereocenters. The molecule has 0 fully saturated rings. The van der Waals surface area contributed by atoms with Crippen LogP contribution in [0.15, 0.2) is 18.2 Å². The second-order valence-electron chi connectivity index (χ2n) is 5.10. The molecule has 0 aliphatic rings. The van der Waals surface area contributed by atoms with Gasteiger partial charge < -0.3 is 4.90 Å². The van der Waals surface area contributed by atoms with Gasteiger partial charge in [-0.25, -0.2) is 4.39 Å². The Bertz CT molecular complexity index is 483. The maximum absolute atomic E-state index is 13.1. The molecular weight excluding hydrogens is 274 g/mol. The average Bonchev–Trinajstić information content (AvgIpc) is 2.34. The number of hydrogen-bond donors (Lipinski definition) is 0. The first kappa shape index (κ1) is 16.5. The second-order valence-corrected chi connectivity index (χ2v) is 5.10. The number of carbonyl (C=O) groups is 1. The first-order valence-corrected chi connectivity index (χ1v) is 6.25. The molecule has 0 aliphatic heterocycles. The lowest BCUT2D eigenvalue weighted by Gasteiger charge is -2.19. The number of amides is 1. The van der Waals surface area contributed by atoms with Gasteiger partial charge in [0.1, 0.15) is 5.82 Å². The van der Waals surface area contributed by atoms with Gasteiger partial charge in [-0.1, -0.05) is 13.8 Å². The summed E-state index contributed by atoms with van der Waals surface area (Å²) in [6.45, 7) is 4.41. The number of alkyl halides is 3. The molecule has 1 amide bonds. The van der Waals surface area contributed by atoms with Crippen LogP contribution >= 0.6 is 0 Å². The molecule has 0 radical (unpaired) electrons. The third-order valence-electron chi connectivity index (χ3n) is 2.91. The zero-order chi connectivity index (χ0) is 15.5. The number of hydrogen-bond acceptors (Lipinski definition) is 1. The van der Waals surface area contributed by atoms with E-state index in [0.29, 0.717) is 24.6 Å². The first-order valence-electron chi connectivity index (χ1n) is 6.25. The molecule has 0 unspecified atom stereocenters. The minimum Gasteiger partial charge on any atom is -0.342 e. The average molecular weight is 291 g/mol. The van der Waals surface area contributed by atoms with Gasteiger partial charge in [-0.2, -0.15) is 13.2 Å². The maximum Gasteiger partial charge on any atom is 0.419 e. The van der Waals surface area contributed by atoms with Crippen LogP contribution < -0.4 is 0 Å². The lowest BCUT2D eigenvalue weighted by Crippen LogP contribution is -2.28. The van der Waals surface area contributed by atoms with Crippen LogP contribution in [0.1, 0.15) is 36.2 Å². The summed E-state index contributed by atoms with van der Waals surface area (Å²) in [4.78, 5) is 13.3. The first-order chi connectivity index (χ1) is 9.12. The molecular formula is C14H17F4NO. The van der Waals surface area contributed by atoms with Gasteiger partial charge in [-0.3, -0.25) is 4.79 Å². The monoisotopic (exact) mass is 291 g/mol. The van der Waals surface area contributed by atoms with E-state index in [4.69, 9.17) is 0 Å². The van der Waals surface area contributed by atoms with E-state index >= 15 is 0 Å². The fourth-order valence-electron chi connectivity index (χ4n) is 1.65. The van der Waals surface area contributed by atoms with E-state index in [9.17, 15) is 22.4 Å². The van der Waals surface area contributed by atoms with Crippen molar-refractivity contribution in [3.05, 3.63) is 35.1 Å². The Labute approximate surface area is 115 Å². The molecule has 0 aromatic heterocycles. The lowest BCUT2D eigenvalue weighted by atomic mass is 10.1. The van der Waals surface area contributed by atoms with Crippen molar-refractivity contribution in [1.82, 2.24) is 4.90 Å². The van der Waals surface area contributed by atoms with Gasteiger partial charge in [0.15, 0.2) is 0 Å². The van der Waals surface area contributed by atoms with E-state index in [1.165, 1.54) is 11.9 Å². The molecule has 1 aromatic carbocycles. The van der Waals surface area contributed by atoms with Crippen molar-refractivity contribution < 1.29 is 22.4 Å². The highest BCUT2D eigenvalue weighted by Gasteiger charge is 2.34. The van der Waals surface area contributed by atoms with Gasteiger partial charge in [-0.05, 0) is 30.5 Å². The molecule has 112 valence electrons. The summed E-state index contributed by atoms with van der Waals surface area (Å²) >= 11 is 0. The number of benzene rings is 1. The topological polar surface area (TPSA) is 20.3 Å². The standard InChI is InChI=1S/C14H17F4NO/c1-9(2)6-7-19(3)13(20)10-4-5-12(15)11(8-10)14(16,17)18/h4-5,8-9H,6-7H2,1-3H3. The molecule has 0 spiro atoms. The molecule has 20 heavy (non-hydrogen) atoms. The largest absolute Gasteiger partial charge is 0.419 e. The summed E-state index contributed by atoms with van der Waals surface area (Å²) in [6.07, 6.45) is -4.06. The fourth-order valence-corrected chi connectivity index (χ4v) is 1.65. The Morgan fingerprint density at radius 1 is 1.30 bits per heavy atom. The number of rotatable bonds is 4. The fraction of sp³-hybridized carbons (Fsp3) is 0.500. The van der Waals surface area contributed by atoms with E-state index in [-0.39, 0.29) is 5.56 Å². The molecule has 1 aromatic rings. The van der Waals surface area contributed by atoms with Crippen molar-refractivity contribution in [2.45, 2.75) is 26.4 Å². The quantitative estimate of drug-likeness (QED) is 0.769. The van der Waals surface area contributed by atoms with Crippen LogP contribution in [-0.4, -0.2) is 24.4 Å². The third-order valence-corrected chi connectivity index (χ3v) is 2.91. The van der Waals surface area contributed by atoms with Crippen LogP contribution in [0.2, 0.25) is 0 Å². The zero-order valence-corrected chi connectivity index (χ0v) is 11.6. The molecule has 0 aliphatic carbocycles. The smallest absolute Gasteiger partial charge is 0.342 e. The summed E-state index contributed by atoms with van der Waals surface area (Å²) in [5.41, 5.74) is -1.58. The van der Waals surface area contributed by atoms with E-state index < -0.39 is 23.5 Å². The van der Waals surface area contributed by atoms with Crippen molar-refractivity contribution in [3.63, 3.8) is 0 Å². The lowest BCUT2D eigenvalue weighted by molar-refractivity contribution is -0.140. The summed E-state index contributed by atoms with van der Waals surface area (Å²) in [7, 11) is 1.52. The molecule has 0 heterocycles. The van der Waals surface area contributed by atoms with Crippen molar-refractivity contribution in [2.75, 3.05) is 13.6 Å². The molecule has 1 rings (SSSR count). The van der Waals surface area contributed by atoms with E-state index in [1.807, 2.05) is 13.8 Å². The predicted octanol–water partition coefficient (Wildman–Crippen LogP) is 3.96. The van der Waals surface area contributed by atoms with Crippen LogP contribution in [0, 0.1) is 11.7 Å². The highest BCUT2D eigenvalue weighted by Crippen LogP contribution is 2.32. The van der Waals surface area contributed by atoms with Gasteiger partial charge in [0.25, 0.3) is 5.91 Å². The normalized spacial score (nSPS) is 11.8. The van der Waals surface area contributed by atoms with Crippen LogP contribution in [0.4, 0.5) is 17.6 Å². The van der Waals surface area contributed by atoms with Gasteiger partial charge >= 0.3 is 6.18 Å². The summed E-state index contributed by atoms with van der Waals surface area (Å²) < 4.78 is 50.9. The van der Waals surface area contributed by atoms with E-state index in [1.54, 1.807) is 0 Å². The molecule has 0 saturated heterocycles. The third kappa shape index (κ3) is 4.21. The van der Waals surface area contributed by atoms with Crippen LogP contribution in [-0.2, 0) is 6.18 Å². The second kappa shape index (κ2) is 6.24. The Balaban J connectivity index is 2.94. The van der Waals surface area contributed by atoms with Crippen molar-refractivity contribution in [1.29, 1.82) is 0 Å². The van der Waals surface area contributed by atoms with Gasteiger partial charge in [0.2, 0.25) is 0 Å². The Morgan fingerprint density at radius 3 is 2.40 bits per heavy atom. The number of nitrogens with zero attached hydrogens (tertiary/aromatic N) is 1. The Kier molecular flexibility index (Phi) is 5.14. The number of carbonyl (C=O) groups excluding carboxylic acids is 1. The van der Waals surface area contributed by atoms with Gasteiger partial charge in [0.05, 0.1) is 5.56 Å². The molecule has 0 bridgehead atoms. The number of halogens is 4. The van der Waals surface area contributed by atoms with E-state index in [2.05, 4.69) is 0 Å². The van der Waals surface area contributed by atoms with Crippen LogP contribution in [0.25, 0.3) is 0 Å². The predicted molar refractivity (Wildman–Crippen MR) is 67.8 cm³/mol. The molecule has 6 heteroatoms. The highest BCUT2D eigenvalue weighted by molar-refractivity contribution is 5.94. The zero-order valence-electron chi connectivity index (χ0n) is 11.6. The summed E-state index contributed by atoms with van der Waals surface area (Å²) in [6, 6.07) is 2.30. The molecule has 2 nitrogen and oxygen atoms in total. The van der Waals surface area contributed by atoms with Crippen molar-refractivity contribution in [2.24, 2.45) is 5.92 Å². The van der Waals surface area contributed by atoms with Crippen molar-refractivity contribution in [3.8, 4) is 0 Å². The Hall–Kier alpha value is -1.59. The molecule has 0 N–H and O–H groups in total. The van der Waals surface area contributed by atoms with Crippen LogP contribution in [0.3, 0.4) is 0 Å². The van der Waals surface area contributed by atoms with Crippen molar-refractivity contribution >= 4 is 5.91 Å².